The van der Waals surface area contributed by atoms with Crippen LogP contribution >= 0.6 is 11.8 Å². The first kappa shape index (κ1) is 15.3. The summed E-state index contributed by atoms with van der Waals surface area (Å²) >= 11 is 1.64. The molecule has 1 amide bonds. The molecule has 0 atom stereocenters. The standard InChI is InChI=1S/C13H23NO3S/c1-14(11(15)6-9-18-2)13(10-12(16)17)7-4-3-5-8-13/h3-10H2,1-2H3,(H,16,17). The third-order valence-electron chi connectivity index (χ3n) is 3.87. The molecule has 1 aliphatic rings. The van der Waals surface area contributed by atoms with Gasteiger partial charge in [0.15, 0.2) is 0 Å². The summed E-state index contributed by atoms with van der Waals surface area (Å²) in [6, 6.07) is 0. The third kappa shape index (κ3) is 3.90. The molecule has 0 aliphatic heterocycles. The number of nitrogens with zero attached hydrogens (tertiary/aromatic N) is 1. The molecule has 0 unspecified atom stereocenters. The van der Waals surface area contributed by atoms with E-state index >= 15 is 0 Å². The van der Waals surface area contributed by atoms with Gasteiger partial charge in [0.2, 0.25) is 5.91 Å². The van der Waals surface area contributed by atoms with Gasteiger partial charge in [0, 0.05) is 19.2 Å². The van der Waals surface area contributed by atoms with Crippen molar-refractivity contribution in [1.82, 2.24) is 4.90 Å². The first-order valence-corrected chi connectivity index (χ1v) is 7.88. The summed E-state index contributed by atoms with van der Waals surface area (Å²) in [5.74, 6) is 0.0701. The van der Waals surface area contributed by atoms with Crippen LogP contribution in [0.2, 0.25) is 0 Å². The Balaban J connectivity index is 2.74. The summed E-state index contributed by atoms with van der Waals surface area (Å²) in [4.78, 5) is 24.9. The number of hydrogen-bond donors (Lipinski definition) is 1. The van der Waals surface area contributed by atoms with E-state index in [-0.39, 0.29) is 12.3 Å². The minimum absolute atomic E-state index is 0.0764. The van der Waals surface area contributed by atoms with Crippen molar-refractivity contribution in [2.45, 2.75) is 50.5 Å². The van der Waals surface area contributed by atoms with Gasteiger partial charge in [-0.1, -0.05) is 19.3 Å². The van der Waals surface area contributed by atoms with Gasteiger partial charge in [-0.15, -0.1) is 0 Å². The number of thioether (sulfide) groups is 1. The Bertz CT molecular complexity index is 301. The molecule has 0 radical (unpaired) electrons. The van der Waals surface area contributed by atoms with E-state index in [4.69, 9.17) is 5.11 Å². The molecule has 1 N–H and O–H groups in total. The van der Waals surface area contributed by atoms with Gasteiger partial charge in [-0.2, -0.15) is 11.8 Å². The highest BCUT2D eigenvalue weighted by Gasteiger charge is 2.40. The van der Waals surface area contributed by atoms with Crippen LogP contribution in [-0.2, 0) is 9.59 Å². The fourth-order valence-corrected chi connectivity index (χ4v) is 3.12. The van der Waals surface area contributed by atoms with Crippen LogP contribution in [0.4, 0.5) is 0 Å². The molecule has 0 bridgehead atoms. The topological polar surface area (TPSA) is 57.6 Å². The van der Waals surface area contributed by atoms with Crippen molar-refractivity contribution in [2.24, 2.45) is 0 Å². The summed E-state index contributed by atoms with van der Waals surface area (Å²) in [5, 5.41) is 9.10. The van der Waals surface area contributed by atoms with Crippen molar-refractivity contribution in [2.75, 3.05) is 19.1 Å². The smallest absolute Gasteiger partial charge is 0.305 e. The lowest BCUT2D eigenvalue weighted by molar-refractivity contribution is -0.145. The molecular formula is C13H23NO3S. The van der Waals surface area contributed by atoms with Crippen molar-refractivity contribution in [3.05, 3.63) is 0 Å². The predicted octanol–water partition coefficient (Wildman–Crippen LogP) is 2.38. The van der Waals surface area contributed by atoms with Crippen molar-refractivity contribution in [1.29, 1.82) is 0 Å². The number of carboxylic acids is 1. The van der Waals surface area contributed by atoms with E-state index in [0.29, 0.717) is 6.42 Å². The van der Waals surface area contributed by atoms with Crippen molar-refractivity contribution < 1.29 is 14.7 Å². The highest BCUT2D eigenvalue weighted by Crippen LogP contribution is 2.36. The molecule has 0 saturated heterocycles. The van der Waals surface area contributed by atoms with Crippen LogP contribution in [0.5, 0.6) is 0 Å². The van der Waals surface area contributed by atoms with E-state index in [1.54, 1.807) is 23.7 Å². The van der Waals surface area contributed by atoms with Crippen LogP contribution in [-0.4, -0.2) is 46.5 Å². The molecule has 0 heterocycles. The van der Waals surface area contributed by atoms with E-state index in [1.807, 2.05) is 6.26 Å². The SMILES string of the molecule is CSCCC(=O)N(C)C1(CC(=O)O)CCCCC1. The van der Waals surface area contributed by atoms with E-state index in [1.165, 1.54) is 0 Å². The minimum Gasteiger partial charge on any atom is -0.481 e. The van der Waals surface area contributed by atoms with Gasteiger partial charge in [0.05, 0.1) is 12.0 Å². The quantitative estimate of drug-likeness (QED) is 0.807. The van der Waals surface area contributed by atoms with Crippen molar-refractivity contribution >= 4 is 23.6 Å². The molecule has 18 heavy (non-hydrogen) atoms. The molecule has 0 aromatic heterocycles. The average Bonchev–Trinajstić information content (AvgIpc) is 2.35. The average molecular weight is 273 g/mol. The summed E-state index contributed by atoms with van der Waals surface area (Å²) in [6.07, 6.45) is 7.38. The van der Waals surface area contributed by atoms with Crippen LogP contribution in [0.25, 0.3) is 0 Å². The summed E-state index contributed by atoms with van der Waals surface area (Å²) in [6.45, 7) is 0. The second-order valence-electron chi connectivity index (χ2n) is 5.05. The lowest BCUT2D eigenvalue weighted by Gasteiger charge is -2.44. The Labute approximate surface area is 113 Å². The van der Waals surface area contributed by atoms with E-state index in [2.05, 4.69) is 0 Å². The highest BCUT2D eigenvalue weighted by molar-refractivity contribution is 7.98. The Morgan fingerprint density at radius 1 is 1.28 bits per heavy atom. The molecule has 0 spiro atoms. The Kier molecular flexibility index (Phi) is 5.99. The molecular weight excluding hydrogens is 250 g/mol. The van der Waals surface area contributed by atoms with Gasteiger partial charge in [-0.3, -0.25) is 9.59 Å². The molecule has 1 fully saturated rings. The van der Waals surface area contributed by atoms with Crippen molar-refractivity contribution in [3.63, 3.8) is 0 Å². The summed E-state index contributed by atoms with van der Waals surface area (Å²) in [5.41, 5.74) is -0.445. The molecule has 104 valence electrons. The van der Waals surface area contributed by atoms with Crippen LogP contribution in [0, 0.1) is 0 Å². The monoisotopic (exact) mass is 273 g/mol. The second kappa shape index (κ2) is 7.02. The Hall–Kier alpha value is -0.710. The zero-order chi connectivity index (χ0) is 13.6. The Morgan fingerprint density at radius 2 is 1.89 bits per heavy atom. The number of carbonyl (C=O) groups is 2. The fraction of sp³-hybridized carbons (Fsp3) is 0.846. The van der Waals surface area contributed by atoms with Gasteiger partial charge in [0.25, 0.3) is 0 Å². The van der Waals surface area contributed by atoms with Crippen LogP contribution in [0.3, 0.4) is 0 Å². The number of aliphatic carboxylic acids is 1. The number of rotatable bonds is 6. The van der Waals surface area contributed by atoms with E-state index in [9.17, 15) is 9.59 Å². The highest BCUT2D eigenvalue weighted by atomic mass is 32.2. The zero-order valence-electron chi connectivity index (χ0n) is 11.3. The second-order valence-corrected chi connectivity index (χ2v) is 6.04. The fourth-order valence-electron chi connectivity index (χ4n) is 2.74. The maximum absolute atomic E-state index is 12.1. The van der Waals surface area contributed by atoms with Crippen LogP contribution < -0.4 is 0 Å². The first-order chi connectivity index (χ1) is 8.52. The van der Waals surface area contributed by atoms with Crippen molar-refractivity contribution in [3.8, 4) is 0 Å². The molecule has 1 aliphatic carbocycles. The third-order valence-corrected chi connectivity index (χ3v) is 4.48. The lowest BCUT2D eigenvalue weighted by Crippen LogP contribution is -2.52. The minimum atomic E-state index is -0.804. The number of amides is 1. The largest absolute Gasteiger partial charge is 0.481 e. The van der Waals surface area contributed by atoms with E-state index < -0.39 is 11.5 Å². The van der Waals surface area contributed by atoms with Gasteiger partial charge in [-0.25, -0.2) is 0 Å². The summed E-state index contributed by atoms with van der Waals surface area (Å²) in [7, 11) is 1.77. The van der Waals surface area contributed by atoms with Gasteiger partial charge in [-0.05, 0) is 19.1 Å². The molecule has 0 aromatic carbocycles. The normalized spacial score (nSPS) is 18.3. The first-order valence-electron chi connectivity index (χ1n) is 6.49. The van der Waals surface area contributed by atoms with Crippen LogP contribution in [0.15, 0.2) is 0 Å². The molecule has 1 rings (SSSR count). The zero-order valence-corrected chi connectivity index (χ0v) is 12.1. The number of carboxylic acid groups (broad SMARTS) is 1. The molecule has 0 aromatic rings. The van der Waals surface area contributed by atoms with Crippen LogP contribution in [0.1, 0.15) is 44.9 Å². The molecule has 4 nitrogen and oxygen atoms in total. The van der Waals surface area contributed by atoms with Gasteiger partial charge >= 0.3 is 5.97 Å². The van der Waals surface area contributed by atoms with E-state index in [0.717, 1.165) is 37.9 Å². The van der Waals surface area contributed by atoms with Gasteiger partial charge in [0.1, 0.15) is 0 Å². The predicted molar refractivity (Wildman–Crippen MR) is 73.8 cm³/mol. The molecule has 5 heteroatoms. The molecule has 1 saturated carbocycles. The summed E-state index contributed by atoms with van der Waals surface area (Å²) < 4.78 is 0. The van der Waals surface area contributed by atoms with Gasteiger partial charge < -0.3 is 10.0 Å². The number of carbonyl (C=O) groups excluding carboxylic acids is 1. The Morgan fingerprint density at radius 3 is 2.39 bits per heavy atom. The maximum Gasteiger partial charge on any atom is 0.305 e. The lowest BCUT2D eigenvalue weighted by atomic mass is 9.78. The number of hydrogen-bond acceptors (Lipinski definition) is 3. The maximum atomic E-state index is 12.1.